The van der Waals surface area contributed by atoms with Crippen LogP contribution in [0, 0.1) is 42.4 Å². The van der Waals surface area contributed by atoms with Gasteiger partial charge in [0.15, 0.2) is 0 Å². The molecule has 0 bridgehead atoms. The Morgan fingerprint density at radius 3 is 1.59 bits per heavy atom. The van der Waals surface area contributed by atoms with E-state index in [1.54, 1.807) is 36.7 Å². The van der Waals surface area contributed by atoms with Crippen LogP contribution in [0.4, 0.5) is 0 Å². The quantitative estimate of drug-likeness (QED) is 0.0748. The van der Waals surface area contributed by atoms with Crippen LogP contribution in [0.2, 0.25) is 10.0 Å². The molecule has 6 aromatic rings. The predicted molar refractivity (Wildman–Crippen MR) is 240 cm³/mol. The van der Waals surface area contributed by atoms with Gasteiger partial charge in [0.05, 0.1) is 27.1 Å². The summed E-state index contributed by atoms with van der Waals surface area (Å²) in [6, 6.07) is 26.9. The average Bonchev–Trinajstić information content (AvgIpc) is 3.29. The van der Waals surface area contributed by atoms with Crippen LogP contribution in [0.5, 0.6) is 23.0 Å². The van der Waals surface area contributed by atoms with E-state index in [0.29, 0.717) is 68.1 Å². The third kappa shape index (κ3) is 11.8. The highest BCUT2D eigenvalue weighted by Crippen LogP contribution is 2.38. The molecule has 0 radical (unpaired) electrons. The van der Waals surface area contributed by atoms with Gasteiger partial charge in [-0.15, -0.1) is 0 Å². The summed E-state index contributed by atoms with van der Waals surface area (Å²) in [7, 11) is 0. The normalized spacial score (nSPS) is 11.3. The van der Waals surface area contributed by atoms with Crippen molar-refractivity contribution in [2.24, 2.45) is 5.92 Å². The van der Waals surface area contributed by atoms with Crippen LogP contribution in [-0.2, 0) is 44.1 Å². The average molecular weight is 886 g/mol. The molecule has 1 atom stereocenters. The zero-order valence-electron chi connectivity index (χ0n) is 35.2. The van der Waals surface area contributed by atoms with E-state index >= 15 is 0 Å². The number of aromatic nitrogens is 2. The molecule has 2 heterocycles. The van der Waals surface area contributed by atoms with Crippen molar-refractivity contribution in [2.45, 2.75) is 72.9 Å². The van der Waals surface area contributed by atoms with Gasteiger partial charge in [0.2, 0.25) is 0 Å². The highest BCUT2D eigenvalue weighted by Gasteiger charge is 2.20. The van der Waals surface area contributed by atoms with E-state index < -0.39 is 11.9 Å². The number of carboxylic acids is 1. The molecule has 2 N–H and O–H groups in total. The van der Waals surface area contributed by atoms with Gasteiger partial charge in [0.1, 0.15) is 61.6 Å². The standard InChI is InChI=1S/C50H46Cl2N4O7/c1-4-37-17-44(51)48(19-46(37)60-27-35-15-33(21-53)23-55-25-35)62-29-40-7-5-9-42(31(40)2)43-10-6-8-41(32(43)3)30-63-49-20-47(61-28-36-16-34(22-54)24-56-26-36)39(18-45(49)52)12-11-38(13-14-57)50(58)59/h5-10,15-20,23-26,38,57H,4,11-14,27-30H2,1-3H3,(H,58,59)/t38-/m0/s1. The van der Waals surface area contributed by atoms with Crippen LogP contribution in [-0.4, -0.2) is 32.8 Å². The number of benzene rings is 4. The number of aliphatic carboxylic acids is 1. The summed E-state index contributed by atoms with van der Waals surface area (Å²) >= 11 is 13.5. The van der Waals surface area contributed by atoms with Crippen molar-refractivity contribution < 1.29 is 34.0 Å². The van der Waals surface area contributed by atoms with Gasteiger partial charge in [-0.3, -0.25) is 14.8 Å². The van der Waals surface area contributed by atoms with E-state index in [4.69, 9.17) is 42.1 Å². The number of nitriles is 2. The molecule has 0 amide bonds. The number of ether oxygens (including phenoxy) is 4. The van der Waals surface area contributed by atoms with Crippen molar-refractivity contribution in [3.8, 4) is 46.3 Å². The highest BCUT2D eigenvalue weighted by atomic mass is 35.5. The number of aliphatic hydroxyl groups is 1. The van der Waals surface area contributed by atoms with Crippen LogP contribution in [0.1, 0.15) is 75.4 Å². The zero-order chi connectivity index (χ0) is 44.9. The number of carboxylic acid groups (broad SMARTS) is 1. The van der Waals surface area contributed by atoms with E-state index in [2.05, 4.69) is 41.2 Å². The lowest BCUT2D eigenvalue weighted by atomic mass is 9.92. The SMILES string of the molecule is CCc1cc(Cl)c(OCc2cccc(-c3cccc(COc4cc(OCc5cncc(C#N)c5)c(CC[C@@H](CCO)C(=O)O)cc4Cl)c3C)c2C)cc1OCc1cncc(C#N)c1. The summed E-state index contributed by atoms with van der Waals surface area (Å²) < 4.78 is 25.1. The predicted octanol–water partition coefficient (Wildman–Crippen LogP) is 10.7. The summed E-state index contributed by atoms with van der Waals surface area (Å²) in [5.74, 6) is 0.248. The van der Waals surface area contributed by atoms with Crippen molar-refractivity contribution in [3.05, 3.63) is 163 Å². The first-order valence-electron chi connectivity index (χ1n) is 20.4. The minimum atomic E-state index is -0.983. The van der Waals surface area contributed by atoms with E-state index in [1.165, 1.54) is 12.4 Å². The third-order valence-corrected chi connectivity index (χ3v) is 11.4. The lowest BCUT2D eigenvalue weighted by Gasteiger charge is -2.19. The molecule has 0 saturated heterocycles. The molecular weight excluding hydrogens is 839 g/mol. The molecule has 0 spiro atoms. The second-order valence-corrected chi connectivity index (χ2v) is 15.8. The van der Waals surface area contributed by atoms with E-state index in [1.807, 2.05) is 50.2 Å². The third-order valence-electron chi connectivity index (χ3n) is 10.8. The van der Waals surface area contributed by atoms with Crippen LogP contribution in [0.3, 0.4) is 0 Å². The fourth-order valence-corrected chi connectivity index (χ4v) is 7.62. The minimum absolute atomic E-state index is 0.103. The van der Waals surface area contributed by atoms with Gasteiger partial charge in [-0.05, 0) is 108 Å². The topological polar surface area (TPSA) is 168 Å². The number of nitrogens with zero attached hydrogens (tertiary/aromatic N) is 4. The van der Waals surface area contributed by atoms with Gasteiger partial charge in [0.25, 0.3) is 0 Å². The number of carbonyl (C=O) groups is 1. The van der Waals surface area contributed by atoms with Crippen molar-refractivity contribution in [1.29, 1.82) is 10.5 Å². The molecular formula is C50H46Cl2N4O7. The second kappa shape index (κ2) is 21.9. The van der Waals surface area contributed by atoms with Gasteiger partial charge >= 0.3 is 5.97 Å². The molecule has 11 nitrogen and oxygen atoms in total. The van der Waals surface area contributed by atoms with Crippen LogP contribution in [0.15, 0.2) is 97.6 Å². The maximum atomic E-state index is 11.8. The number of aliphatic hydroxyl groups excluding tert-OH is 1. The summed E-state index contributed by atoms with van der Waals surface area (Å²) in [6.45, 7) is 6.70. The summed E-state index contributed by atoms with van der Waals surface area (Å²) in [5, 5.41) is 38.5. The molecule has 63 heavy (non-hydrogen) atoms. The molecule has 0 saturated carbocycles. The Kier molecular flexibility index (Phi) is 16.0. The van der Waals surface area contributed by atoms with Crippen LogP contribution < -0.4 is 18.9 Å². The van der Waals surface area contributed by atoms with Crippen LogP contribution in [0.25, 0.3) is 11.1 Å². The van der Waals surface area contributed by atoms with Gasteiger partial charge in [-0.2, -0.15) is 10.5 Å². The zero-order valence-corrected chi connectivity index (χ0v) is 36.7. The van der Waals surface area contributed by atoms with Crippen molar-refractivity contribution >= 4 is 29.2 Å². The molecule has 0 unspecified atom stereocenters. The molecule has 0 fully saturated rings. The number of aryl methyl sites for hydroxylation is 2. The molecule has 6 rings (SSSR count). The molecule has 0 aliphatic heterocycles. The number of hydrogen-bond donors (Lipinski definition) is 2. The molecule has 0 aliphatic rings. The van der Waals surface area contributed by atoms with E-state index in [-0.39, 0.29) is 45.9 Å². The van der Waals surface area contributed by atoms with Crippen molar-refractivity contribution in [2.75, 3.05) is 6.61 Å². The first kappa shape index (κ1) is 45.9. The minimum Gasteiger partial charge on any atom is -0.488 e. The molecule has 322 valence electrons. The number of hydrogen-bond acceptors (Lipinski definition) is 10. The number of rotatable bonds is 20. The Labute approximate surface area is 377 Å². The second-order valence-electron chi connectivity index (χ2n) is 14.9. The maximum absolute atomic E-state index is 11.8. The van der Waals surface area contributed by atoms with Gasteiger partial charge in [0, 0.05) is 54.7 Å². The van der Waals surface area contributed by atoms with E-state index in [9.17, 15) is 25.5 Å². The maximum Gasteiger partial charge on any atom is 0.306 e. The molecule has 13 heteroatoms. The monoisotopic (exact) mass is 884 g/mol. The summed E-state index contributed by atoms with van der Waals surface area (Å²) in [4.78, 5) is 20.1. The first-order valence-corrected chi connectivity index (χ1v) is 21.1. The largest absolute Gasteiger partial charge is 0.488 e. The van der Waals surface area contributed by atoms with Gasteiger partial charge in [-0.1, -0.05) is 66.5 Å². The van der Waals surface area contributed by atoms with Gasteiger partial charge in [-0.25, -0.2) is 0 Å². The fraction of sp³-hybridized carbons (Fsp3) is 0.260. The Morgan fingerprint density at radius 2 is 1.13 bits per heavy atom. The smallest absolute Gasteiger partial charge is 0.306 e. The fourth-order valence-electron chi connectivity index (χ4n) is 7.14. The number of halogens is 2. The van der Waals surface area contributed by atoms with Gasteiger partial charge < -0.3 is 29.2 Å². The Morgan fingerprint density at radius 1 is 0.651 bits per heavy atom. The van der Waals surface area contributed by atoms with Crippen molar-refractivity contribution in [1.82, 2.24) is 9.97 Å². The molecule has 0 aliphatic carbocycles. The highest BCUT2D eigenvalue weighted by molar-refractivity contribution is 6.32. The first-order chi connectivity index (χ1) is 30.5. The summed E-state index contributed by atoms with van der Waals surface area (Å²) in [5.41, 5.74) is 9.98. The van der Waals surface area contributed by atoms with Crippen LogP contribution >= 0.6 is 23.2 Å². The Balaban J connectivity index is 1.19. The van der Waals surface area contributed by atoms with Crippen molar-refractivity contribution in [3.63, 3.8) is 0 Å². The lowest BCUT2D eigenvalue weighted by molar-refractivity contribution is -0.142. The van der Waals surface area contributed by atoms with E-state index in [0.717, 1.165) is 44.5 Å². The molecule has 2 aromatic heterocycles. The Hall–Kier alpha value is -6.63. The number of pyridine rings is 2. The summed E-state index contributed by atoms with van der Waals surface area (Å²) in [6.07, 6.45) is 7.69. The lowest BCUT2D eigenvalue weighted by Crippen LogP contribution is -2.16. The molecule has 4 aromatic carbocycles. The Bertz CT molecular complexity index is 2680.